The van der Waals surface area contributed by atoms with Gasteiger partial charge in [-0.3, -0.25) is 4.79 Å². The molecule has 2 N–H and O–H groups in total. The van der Waals surface area contributed by atoms with Crippen molar-refractivity contribution >= 4 is 11.6 Å². The average molecular weight is 261 g/mol. The van der Waals surface area contributed by atoms with E-state index in [0.29, 0.717) is 0 Å². The van der Waals surface area contributed by atoms with Crippen LogP contribution in [0.15, 0.2) is 24.3 Å². The lowest BCUT2D eigenvalue weighted by Gasteiger charge is -2.37. The SMILES string of the molecule is CNCc1ccccc1N1CCCCC1C(=O)NC. The van der Waals surface area contributed by atoms with E-state index in [-0.39, 0.29) is 11.9 Å². The molecule has 0 bridgehead atoms. The molecule has 0 saturated carbocycles. The van der Waals surface area contributed by atoms with Gasteiger partial charge in [-0.25, -0.2) is 0 Å². The topological polar surface area (TPSA) is 44.4 Å². The average Bonchev–Trinajstić information content (AvgIpc) is 2.47. The van der Waals surface area contributed by atoms with Gasteiger partial charge in [0, 0.05) is 25.8 Å². The highest BCUT2D eigenvalue weighted by Crippen LogP contribution is 2.28. The minimum atomic E-state index is -0.0308. The van der Waals surface area contributed by atoms with E-state index in [9.17, 15) is 4.79 Å². The Morgan fingerprint density at radius 1 is 1.32 bits per heavy atom. The largest absolute Gasteiger partial charge is 0.359 e. The van der Waals surface area contributed by atoms with Gasteiger partial charge < -0.3 is 15.5 Å². The number of benzene rings is 1. The summed E-state index contributed by atoms with van der Waals surface area (Å²) in [7, 11) is 3.66. The molecule has 2 rings (SSSR count). The van der Waals surface area contributed by atoms with Crippen molar-refractivity contribution in [3.05, 3.63) is 29.8 Å². The van der Waals surface area contributed by atoms with E-state index in [4.69, 9.17) is 0 Å². The van der Waals surface area contributed by atoms with Gasteiger partial charge in [-0.15, -0.1) is 0 Å². The molecule has 0 aromatic heterocycles. The van der Waals surface area contributed by atoms with E-state index in [2.05, 4.69) is 33.7 Å². The van der Waals surface area contributed by atoms with Crippen LogP contribution in [0, 0.1) is 0 Å². The van der Waals surface area contributed by atoms with Crippen molar-refractivity contribution in [3.8, 4) is 0 Å². The van der Waals surface area contributed by atoms with Crippen LogP contribution in [-0.2, 0) is 11.3 Å². The minimum Gasteiger partial charge on any atom is -0.359 e. The van der Waals surface area contributed by atoms with Crippen LogP contribution in [-0.4, -0.2) is 32.6 Å². The molecule has 1 atom stereocenters. The first-order valence-electron chi connectivity index (χ1n) is 6.98. The first-order chi connectivity index (χ1) is 9.27. The highest BCUT2D eigenvalue weighted by atomic mass is 16.2. The maximum absolute atomic E-state index is 12.1. The standard InChI is InChI=1S/C15H23N3O/c1-16-11-12-7-3-4-8-13(12)18-10-6-5-9-14(18)15(19)17-2/h3-4,7-8,14,16H,5-6,9-11H2,1-2H3,(H,17,19). The zero-order valence-electron chi connectivity index (χ0n) is 11.8. The fourth-order valence-electron chi connectivity index (χ4n) is 2.79. The first kappa shape index (κ1) is 13.9. The van der Waals surface area contributed by atoms with Gasteiger partial charge in [-0.1, -0.05) is 18.2 Å². The molecule has 1 amide bonds. The lowest BCUT2D eigenvalue weighted by molar-refractivity contribution is -0.122. The Kier molecular flexibility index (Phi) is 4.80. The second-order valence-electron chi connectivity index (χ2n) is 4.98. The smallest absolute Gasteiger partial charge is 0.242 e. The molecule has 1 aliphatic rings. The predicted molar refractivity (Wildman–Crippen MR) is 78.3 cm³/mol. The summed E-state index contributed by atoms with van der Waals surface area (Å²) in [5.74, 6) is 0.124. The number of nitrogens with zero attached hydrogens (tertiary/aromatic N) is 1. The second kappa shape index (κ2) is 6.57. The molecule has 1 saturated heterocycles. The Balaban J connectivity index is 2.29. The third-order valence-corrected chi connectivity index (χ3v) is 3.72. The molecule has 104 valence electrons. The monoisotopic (exact) mass is 261 g/mol. The second-order valence-corrected chi connectivity index (χ2v) is 4.98. The summed E-state index contributed by atoms with van der Waals surface area (Å²) in [6.07, 6.45) is 3.22. The van der Waals surface area contributed by atoms with Gasteiger partial charge in [0.25, 0.3) is 0 Å². The Morgan fingerprint density at radius 2 is 2.11 bits per heavy atom. The van der Waals surface area contributed by atoms with Crippen LogP contribution in [0.25, 0.3) is 0 Å². The highest BCUT2D eigenvalue weighted by molar-refractivity contribution is 5.85. The number of para-hydroxylation sites is 1. The van der Waals surface area contributed by atoms with Gasteiger partial charge in [0.2, 0.25) is 5.91 Å². The van der Waals surface area contributed by atoms with Crippen molar-refractivity contribution in [2.24, 2.45) is 0 Å². The quantitative estimate of drug-likeness (QED) is 0.863. The van der Waals surface area contributed by atoms with Gasteiger partial charge in [-0.2, -0.15) is 0 Å². The molecule has 1 aliphatic heterocycles. The van der Waals surface area contributed by atoms with Crippen LogP contribution in [0.3, 0.4) is 0 Å². The van der Waals surface area contributed by atoms with E-state index in [1.807, 2.05) is 13.1 Å². The Hall–Kier alpha value is -1.55. The van der Waals surface area contributed by atoms with Crippen molar-refractivity contribution in [2.45, 2.75) is 31.8 Å². The molecule has 4 nitrogen and oxygen atoms in total. The van der Waals surface area contributed by atoms with Gasteiger partial charge in [0.15, 0.2) is 0 Å². The van der Waals surface area contributed by atoms with Crippen LogP contribution in [0.4, 0.5) is 5.69 Å². The Labute approximate surface area is 115 Å². The predicted octanol–water partition coefficient (Wildman–Crippen LogP) is 1.51. The van der Waals surface area contributed by atoms with Crippen LogP contribution in [0.2, 0.25) is 0 Å². The number of amides is 1. The summed E-state index contributed by atoms with van der Waals surface area (Å²) < 4.78 is 0. The summed E-state index contributed by atoms with van der Waals surface area (Å²) in [6.45, 7) is 1.78. The number of rotatable bonds is 4. The van der Waals surface area contributed by atoms with Gasteiger partial charge in [-0.05, 0) is 37.9 Å². The van der Waals surface area contributed by atoms with Crippen LogP contribution >= 0.6 is 0 Å². The maximum Gasteiger partial charge on any atom is 0.242 e. The summed E-state index contributed by atoms with van der Waals surface area (Å²) >= 11 is 0. The Bertz CT molecular complexity index is 433. The molecular formula is C15H23N3O. The number of carbonyl (C=O) groups is 1. The van der Waals surface area contributed by atoms with E-state index in [1.54, 1.807) is 7.05 Å². The molecule has 19 heavy (non-hydrogen) atoms. The van der Waals surface area contributed by atoms with Gasteiger partial charge >= 0.3 is 0 Å². The number of piperidine rings is 1. The number of nitrogens with one attached hydrogen (secondary N) is 2. The van der Waals surface area contributed by atoms with Crippen molar-refractivity contribution in [1.29, 1.82) is 0 Å². The third kappa shape index (κ3) is 3.07. The molecule has 0 spiro atoms. The van der Waals surface area contributed by atoms with Gasteiger partial charge in [0.1, 0.15) is 6.04 Å². The zero-order chi connectivity index (χ0) is 13.7. The number of hydrogen-bond acceptors (Lipinski definition) is 3. The summed E-state index contributed by atoms with van der Waals surface area (Å²) in [4.78, 5) is 14.3. The highest BCUT2D eigenvalue weighted by Gasteiger charge is 2.29. The van der Waals surface area contributed by atoms with E-state index in [0.717, 1.165) is 32.4 Å². The molecule has 0 radical (unpaired) electrons. The molecule has 1 unspecified atom stereocenters. The lowest BCUT2D eigenvalue weighted by Crippen LogP contribution is -2.49. The molecule has 0 aliphatic carbocycles. The third-order valence-electron chi connectivity index (χ3n) is 3.72. The summed E-state index contributed by atoms with van der Waals surface area (Å²) in [6, 6.07) is 8.31. The number of carbonyl (C=O) groups excluding carboxylic acids is 1. The fraction of sp³-hybridized carbons (Fsp3) is 0.533. The Morgan fingerprint density at radius 3 is 2.84 bits per heavy atom. The number of hydrogen-bond donors (Lipinski definition) is 2. The molecule has 1 heterocycles. The van der Waals surface area contributed by atoms with Gasteiger partial charge in [0.05, 0.1) is 0 Å². The zero-order valence-corrected chi connectivity index (χ0v) is 11.8. The van der Waals surface area contributed by atoms with E-state index >= 15 is 0 Å². The van der Waals surface area contributed by atoms with E-state index in [1.165, 1.54) is 11.3 Å². The normalized spacial score (nSPS) is 19.3. The van der Waals surface area contributed by atoms with Crippen molar-refractivity contribution < 1.29 is 4.79 Å². The van der Waals surface area contributed by atoms with Crippen LogP contribution in [0.5, 0.6) is 0 Å². The summed E-state index contributed by atoms with van der Waals surface area (Å²) in [5.41, 5.74) is 2.44. The van der Waals surface area contributed by atoms with Crippen LogP contribution < -0.4 is 15.5 Å². The molecular weight excluding hydrogens is 238 g/mol. The maximum atomic E-state index is 12.1. The molecule has 1 aromatic rings. The van der Waals surface area contributed by atoms with Crippen LogP contribution in [0.1, 0.15) is 24.8 Å². The summed E-state index contributed by atoms with van der Waals surface area (Å²) in [5, 5.41) is 5.98. The van der Waals surface area contributed by atoms with Crippen molar-refractivity contribution in [3.63, 3.8) is 0 Å². The molecule has 1 fully saturated rings. The molecule has 1 aromatic carbocycles. The minimum absolute atomic E-state index is 0.0308. The van der Waals surface area contributed by atoms with E-state index < -0.39 is 0 Å². The van der Waals surface area contributed by atoms with Crippen molar-refractivity contribution in [2.75, 3.05) is 25.5 Å². The molecule has 4 heteroatoms. The number of likely N-dealkylation sites (N-methyl/N-ethyl adjacent to an activating group) is 1. The fourth-order valence-corrected chi connectivity index (χ4v) is 2.79. The van der Waals surface area contributed by atoms with Crippen molar-refractivity contribution in [1.82, 2.24) is 10.6 Å². The first-order valence-corrected chi connectivity index (χ1v) is 6.98. The number of anilines is 1. The lowest BCUT2D eigenvalue weighted by atomic mass is 9.99.